The van der Waals surface area contributed by atoms with E-state index in [2.05, 4.69) is 135 Å². The zero-order chi connectivity index (χ0) is 72.5. The van der Waals surface area contributed by atoms with Crippen molar-refractivity contribution in [3.05, 3.63) is 122 Å². The molecule has 10 heteroatoms. The molecule has 9 nitrogen and oxygen atoms in total. The molecule has 0 aliphatic heterocycles. The molecular formula is C90H160NO8P. The highest BCUT2D eigenvalue weighted by atomic mass is 31.2. The van der Waals surface area contributed by atoms with Gasteiger partial charge in [-0.3, -0.25) is 14.2 Å². The van der Waals surface area contributed by atoms with Crippen LogP contribution in [0.15, 0.2) is 122 Å². The first-order valence-corrected chi connectivity index (χ1v) is 43.7. The van der Waals surface area contributed by atoms with Crippen molar-refractivity contribution in [2.75, 3.05) is 47.5 Å². The lowest BCUT2D eigenvalue weighted by Gasteiger charge is -2.28. The van der Waals surface area contributed by atoms with Crippen molar-refractivity contribution >= 4 is 19.8 Å². The maximum absolute atomic E-state index is 12.9. The molecule has 0 aromatic rings. The quantitative estimate of drug-likeness (QED) is 0.0195. The second-order valence-electron chi connectivity index (χ2n) is 29.4. The number of esters is 2. The molecule has 100 heavy (non-hydrogen) atoms. The summed E-state index contributed by atoms with van der Waals surface area (Å²) in [6.45, 7) is 4.06. The van der Waals surface area contributed by atoms with E-state index in [0.717, 1.165) is 103 Å². The van der Waals surface area contributed by atoms with Crippen LogP contribution in [0.4, 0.5) is 0 Å². The van der Waals surface area contributed by atoms with Gasteiger partial charge in [0, 0.05) is 12.8 Å². The van der Waals surface area contributed by atoms with Gasteiger partial charge in [-0.1, -0.05) is 392 Å². The number of phosphoric acid groups is 1. The maximum Gasteiger partial charge on any atom is 0.306 e. The lowest BCUT2D eigenvalue weighted by molar-refractivity contribution is -0.870. The number of hydrogen-bond acceptors (Lipinski definition) is 8. The van der Waals surface area contributed by atoms with Gasteiger partial charge in [0.05, 0.1) is 27.7 Å². The molecule has 578 valence electrons. The Kier molecular flexibility index (Phi) is 76.7. The standard InChI is InChI=1S/C90H160NO8P/c1-6-8-10-12-14-16-18-20-22-24-26-28-30-32-34-36-38-40-42-44-45-47-49-51-53-55-57-59-61-63-65-67-69-71-73-75-77-79-81-83-90(93)99-88(87-98-100(94,95)97-85-84-91(3,4)5)86-96-89(92)82-80-78-76-74-72-70-68-66-64-62-60-58-56-54-52-50-48-46-43-41-39-37-35-33-31-29-27-25-23-21-19-17-15-13-11-9-7-2/h8-11,14-17,20-23,26-29,32-35,88H,6-7,12-13,18-19,24-25,30-31,36-87H2,1-5H3/b10-8-,11-9-,16-14-,17-15-,22-20-,23-21-,28-26-,29-27-,34-32-,35-33-. The van der Waals surface area contributed by atoms with Gasteiger partial charge in [-0.25, -0.2) is 0 Å². The van der Waals surface area contributed by atoms with E-state index in [1.807, 2.05) is 21.1 Å². The topological polar surface area (TPSA) is 111 Å². The average Bonchev–Trinajstić information content (AvgIpc) is 1.07. The van der Waals surface area contributed by atoms with Crippen LogP contribution in [0.5, 0.6) is 0 Å². The van der Waals surface area contributed by atoms with E-state index >= 15 is 0 Å². The Balaban J connectivity index is 3.90. The second kappa shape index (κ2) is 79.5. The number of likely N-dealkylation sites (N-methyl/N-ethyl adjacent to an activating group) is 1. The number of unbranched alkanes of at least 4 members (excludes halogenated alkanes) is 44. The van der Waals surface area contributed by atoms with E-state index in [1.54, 1.807) is 0 Å². The summed E-state index contributed by atoms with van der Waals surface area (Å²) in [5, 5.41) is 0. The van der Waals surface area contributed by atoms with Crippen LogP contribution >= 0.6 is 7.82 Å². The van der Waals surface area contributed by atoms with Gasteiger partial charge in [0.15, 0.2) is 6.10 Å². The molecule has 0 rings (SSSR count). The Hall–Kier alpha value is -3.59. The molecule has 0 heterocycles. The van der Waals surface area contributed by atoms with E-state index in [-0.39, 0.29) is 32.0 Å². The molecule has 0 aliphatic rings. The summed E-state index contributed by atoms with van der Waals surface area (Å²) in [6.07, 6.45) is 115. The number of ether oxygens (including phenoxy) is 2. The summed E-state index contributed by atoms with van der Waals surface area (Å²) in [5.41, 5.74) is 0. The summed E-state index contributed by atoms with van der Waals surface area (Å²) in [4.78, 5) is 38.2. The van der Waals surface area contributed by atoms with Crippen molar-refractivity contribution in [1.82, 2.24) is 0 Å². The van der Waals surface area contributed by atoms with E-state index < -0.39 is 26.5 Å². The largest absolute Gasteiger partial charge is 0.756 e. The summed E-state index contributed by atoms with van der Waals surface area (Å²) < 4.78 is 34.5. The molecule has 0 amide bonds. The molecule has 2 unspecified atom stereocenters. The predicted octanol–water partition coefficient (Wildman–Crippen LogP) is 27.9. The van der Waals surface area contributed by atoms with Crippen molar-refractivity contribution in [2.45, 2.75) is 392 Å². The predicted molar refractivity (Wildman–Crippen MR) is 434 cm³/mol. The molecule has 2 atom stereocenters. The van der Waals surface area contributed by atoms with Crippen LogP contribution in [0.25, 0.3) is 0 Å². The molecule has 0 saturated heterocycles. The Morgan fingerprint density at radius 3 is 0.800 bits per heavy atom. The van der Waals surface area contributed by atoms with Gasteiger partial charge in [0.25, 0.3) is 7.82 Å². The number of hydrogen-bond donors (Lipinski definition) is 0. The first kappa shape index (κ1) is 96.4. The van der Waals surface area contributed by atoms with Crippen LogP contribution in [0.3, 0.4) is 0 Å². The Morgan fingerprint density at radius 1 is 0.310 bits per heavy atom. The highest BCUT2D eigenvalue weighted by molar-refractivity contribution is 7.45. The molecule has 0 fully saturated rings. The third kappa shape index (κ3) is 83.4. The van der Waals surface area contributed by atoms with Crippen LogP contribution in [0, 0.1) is 0 Å². The minimum atomic E-state index is -4.65. The van der Waals surface area contributed by atoms with Gasteiger partial charge < -0.3 is 27.9 Å². The van der Waals surface area contributed by atoms with Crippen LogP contribution < -0.4 is 4.89 Å². The molecule has 0 saturated carbocycles. The third-order valence-corrected chi connectivity index (χ3v) is 19.4. The van der Waals surface area contributed by atoms with Crippen LogP contribution in [0.2, 0.25) is 0 Å². The van der Waals surface area contributed by atoms with E-state index in [0.29, 0.717) is 17.4 Å². The minimum absolute atomic E-state index is 0.0310. The zero-order valence-electron chi connectivity index (χ0n) is 66.1. The van der Waals surface area contributed by atoms with Crippen molar-refractivity contribution in [1.29, 1.82) is 0 Å². The second-order valence-corrected chi connectivity index (χ2v) is 30.8. The van der Waals surface area contributed by atoms with Gasteiger partial charge >= 0.3 is 11.9 Å². The minimum Gasteiger partial charge on any atom is -0.756 e. The Labute approximate surface area is 619 Å². The Morgan fingerprint density at radius 2 is 0.540 bits per heavy atom. The molecule has 0 aromatic carbocycles. The number of allylic oxidation sites excluding steroid dienone is 20. The molecule has 0 bridgehead atoms. The van der Waals surface area contributed by atoms with Gasteiger partial charge in [-0.15, -0.1) is 0 Å². The average molecular weight is 1420 g/mol. The first-order valence-electron chi connectivity index (χ1n) is 42.2. The smallest absolute Gasteiger partial charge is 0.306 e. The summed E-state index contributed by atoms with van der Waals surface area (Å²) in [6, 6.07) is 0. The van der Waals surface area contributed by atoms with Gasteiger partial charge in [-0.05, 0) is 103 Å². The fraction of sp³-hybridized carbons (Fsp3) is 0.756. The van der Waals surface area contributed by atoms with Gasteiger partial charge in [0.2, 0.25) is 0 Å². The molecule has 0 spiro atoms. The number of rotatable bonds is 78. The van der Waals surface area contributed by atoms with Crippen LogP contribution in [0.1, 0.15) is 386 Å². The number of carbonyl (C=O) groups is 2. The van der Waals surface area contributed by atoms with E-state index in [1.165, 1.54) is 250 Å². The molecular weight excluding hydrogens is 1250 g/mol. The number of phosphoric ester groups is 1. The summed E-state index contributed by atoms with van der Waals surface area (Å²) in [5.74, 6) is -0.815. The first-order chi connectivity index (χ1) is 49.0. The lowest BCUT2D eigenvalue weighted by Crippen LogP contribution is -2.37. The number of carbonyl (C=O) groups excluding carboxylic acids is 2. The van der Waals surface area contributed by atoms with Crippen molar-refractivity contribution < 1.29 is 42.1 Å². The Bertz CT molecular complexity index is 2110. The molecule has 0 radical (unpaired) electrons. The van der Waals surface area contributed by atoms with E-state index in [9.17, 15) is 19.0 Å². The fourth-order valence-electron chi connectivity index (χ4n) is 12.1. The van der Waals surface area contributed by atoms with Crippen molar-refractivity contribution in [3.63, 3.8) is 0 Å². The fourth-order valence-corrected chi connectivity index (χ4v) is 12.9. The monoisotopic (exact) mass is 1410 g/mol. The highest BCUT2D eigenvalue weighted by Gasteiger charge is 2.22. The maximum atomic E-state index is 12.9. The molecule has 0 N–H and O–H groups in total. The third-order valence-electron chi connectivity index (χ3n) is 18.5. The summed E-state index contributed by atoms with van der Waals surface area (Å²) >= 11 is 0. The van der Waals surface area contributed by atoms with Gasteiger partial charge in [-0.2, -0.15) is 0 Å². The number of quaternary nitrogens is 1. The SMILES string of the molecule is CC/C=C\C/C=C\C/C=C\C/C=C\C/C=C\CCCCCCCCCCCCCCCCCCCCCCCCCC(=O)OC(COC(=O)CCCCCCCCCCCCCCCCCCCCCCC/C=C\C/C=C\C/C=C\C/C=C\C/C=C\CC)COP(=O)([O-])OCC[N+](C)(C)C. The highest BCUT2D eigenvalue weighted by Crippen LogP contribution is 2.38. The molecule has 0 aliphatic carbocycles. The summed E-state index contributed by atoms with van der Waals surface area (Å²) in [7, 11) is 1.18. The zero-order valence-corrected chi connectivity index (χ0v) is 67.0. The van der Waals surface area contributed by atoms with Crippen LogP contribution in [-0.4, -0.2) is 70.0 Å². The van der Waals surface area contributed by atoms with Crippen molar-refractivity contribution in [2.24, 2.45) is 0 Å². The van der Waals surface area contributed by atoms with Crippen molar-refractivity contribution in [3.8, 4) is 0 Å². The normalized spacial score (nSPS) is 13.6. The van der Waals surface area contributed by atoms with Gasteiger partial charge in [0.1, 0.15) is 19.8 Å². The number of nitrogens with zero attached hydrogens (tertiary/aromatic N) is 1. The molecule has 0 aromatic heterocycles. The van der Waals surface area contributed by atoms with Crippen LogP contribution in [-0.2, 0) is 32.7 Å². The van der Waals surface area contributed by atoms with E-state index in [4.69, 9.17) is 18.5 Å². The lowest BCUT2D eigenvalue weighted by atomic mass is 10.0.